The Balaban J connectivity index is 1.93. The summed E-state index contributed by atoms with van der Waals surface area (Å²) in [6.45, 7) is 4.21. The van der Waals surface area contributed by atoms with E-state index in [0.717, 1.165) is 32.8 Å². The second kappa shape index (κ2) is 7.33. The van der Waals surface area contributed by atoms with Gasteiger partial charge < -0.3 is 19.9 Å². The highest BCUT2D eigenvalue weighted by atomic mass is 16.5. The molecule has 0 aromatic carbocycles. The highest BCUT2D eigenvalue weighted by Gasteiger charge is 2.16. The third kappa shape index (κ3) is 4.64. The fraction of sp³-hybridized carbons (Fsp3) is 0.643. The average Bonchev–Trinajstić information content (AvgIpc) is 2.68. The van der Waals surface area contributed by atoms with Crippen LogP contribution >= 0.6 is 0 Å². The van der Waals surface area contributed by atoms with Crippen LogP contribution in [0.5, 0.6) is 0 Å². The Labute approximate surface area is 125 Å². The molecule has 0 radical (unpaired) electrons. The number of nitrogens with one attached hydrogen (secondary N) is 1. The lowest BCUT2D eigenvalue weighted by Crippen LogP contribution is -2.30. The Hall–Kier alpha value is -1.73. The summed E-state index contributed by atoms with van der Waals surface area (Å²) in [7, 11) is 5.49. The molecule has 2 heterocycles. The van der Waals surface area contributed by atoms with Crippen LogP contribution in [-0.4, -0.2) is 79.7 Å². The molecule has 0 saturated carbocycles. The molecule has 116 valence electrons. The van der Waals surface area contributed by atoms with Crippen LogP contribution in [0.15, 0.2) is 12.4 Å². The van der Waals surface area contributed by atoms with Crippen molar-refractivity contribution in [3.8, 4) is 0 Å². The van der Waals surface area contributed by atoms with Gasteiger partial charge in [0, 0.05) is 39.6 Å². The maximum Gasteiger partial charge on any atom is 0.273 e. The van der Waals surface area contributed by atoms with Crippen molar-refractivity contribution < 1.29 is 9.53 Å². The normalized spacial score (nSPS) is 19.9. The molecule has 0 unspecified atom stereocenters. The van der Waals surface area contributed by atoms with Gasteiger partial charge >= 0.3 is 0 Å². The number of nitrogens with zero attached hydrogens (tertiary/aromatic N) is 4. The Kier molecular flexibility index (Phi) is 5.46. The fourth-order valence-corrected chi connectivity index (χ4v) is 2.21. The zero-order valence-corrected chi connectivity index (χ0v) is 12.9. The van der Waals surface area contributed by atoms with Crippen molar-refractivity contribution in [3.05, 3.63) is 18.1 Å². The monoisotopic (exact) mass is 293 g/mol. The number of ether oxygens (including phenoxy) is 1. The number of rotatable bonds is 4. The van der Waals surface area contributed by atoms with E-state index in [1.54, 1.807) is 20.3 Å². The predicted octanol–water partition coefficient (Wildman–Crippen LogP) is 0.169. The van der Waals surface area contributed by atoms with E-state index in [1.165, 1.54) is 11.1 Å². The number of aromatic nitrogens is 2. The molecule has 2 rings (SSSR count). The van der Waals surface area contributed by atoms with Gasteiger partial charge in [-0.3, -0.25) is 9.78 Å². The SMILES string of the molecule is CN1CCOC[C@@H](CNc2cncc(C(=O)N(C)C)n2)C1. The molecule has 1 N–H and O–H groups in total. The number of amides is 1. The summed E-state index contributed by atoms with van der Waals surface area (Å²) in [5.41, 5.74) is 0.347. The van der Waals surface area contributed by atoms with Gasteiger partial charge in [0.05, 0.1) is 25.6 Å². The maximum atomic E-state index is 11.9. The van der Waals surface area contributed by atoms with Crippen LogP contribution < -0.4 is 5.32 Å². The van der Waals surface area contributed by atoms with Crippen LogP contribution in [0.1, 0.15) is 10.5 Å². The summed E-state index contributed by atoms with van der Waals surface area (Å²) < 4.78 is 5.58. The summed E-state index contributed by atoms with van der Waals surface area (Å²) in [4.78, 5) is 24.0. The molecular formula is C14H23N5O2. The van der Waals surface area contributed by atoms with E-state index in [-0.39, 0.29) is 5.91 Å². The molecule has 1 aliphatic heterocycles. The number of anilines is 1. The number of hydrogen-bond acceptors (Lipinski definition) is 6. The van der Waals surface area contributed by atoms with E-state index in [1.807, 2.05) is 0 Å². The van der Waals surface area contributed by atoms with Crippen molar-refractivity contribution in [2.45, 2.75) is 0 Å². The predicted molar refractivity (Wildman–Crippen MR) is 80.3 cm³/mol. The molecule has 7 heteroatoms. The van der Waals surface area contributed by atoms with E-state index in [4.69, 9.17) is 4.74 Å². The second-order valence-corrected chi connectivity index (χ2v) is 5.57. The number of carbonyl (C=O) groups is 1. The molecule has 0 spiro atoms. The minimum Gasteiger partial charge on any atom is -0.380 e. The molecule has 1 aromatic rings. The van der Waals surface area contributed by atoms with E-state index in [0.29, 0.717) is 17.4 Å². The lowest BCUT2D eigenvalue weighted by atomic mass is 10.1. The number of carbonyl (C=O) groups excluding carboxylic acids is 1. The Morgan fingerprint density at radius 2 is 2.33 bits per heavy atom. The minimum absolute atomic E-state index is 0.149. The molecule has 7 nitrogen and oxygen atoms in total. The highest BCUT2D eigenvalue weighted by Crippen LogP contribution is 2.09. The van der Waals surface area contributed by atoms with Gasteiger partial charge in [-0.15, -0.1) is 0 Å². The molecule has 1 aromatic heterocycles. The van der Waals surface area contributed by atoms with E-state index < -0.39 is 0 Å². The van der Waals surface area contributed by atoms with E-state index >= 15 is 0 Å². The first kappa shape index (κ1) is 15.7. The van der Waals surface area contributed by atoms with Gasteiger partial charge in [-0.2, -0.15) is 0 Å². The molecule has 1 atom stereocenters. The summed E-state index contributed by atoms with van der Waals surface area (Å²) in [6, 6.07) is 0. The van der Waals surface area contributed by atoms with Gasteiger partial charge in [-0.05, 0) is 7.05 Å². The average molecular weight is 293 g/mol. The summed E-state index contributed by atoms with van der Waals surface area (Å²) >= 11 is 0. The van der Waals surface area contributed by atoms with Crippen molar-refractivity contribution in [3.63, 3.8) is 0 Å². The third-order valence-electron chi connectivity index (χ3n) is 3.37. The molecule has 1 saturated heterocycles. The third-order valence-corrected chi connectivity index (χ3v) is 3.37. The first-order valence-corrected chi connectivity index (χ1v) is 7.10. The van der Waals surface area contributed by atoms with E-state index in [9.17, 15) is 4.79 Å². The summed E-state index contributed by atoms with van der Waals surface area (Å²) in [5, 5.41) is 3.25. The fourth-order valence-electron chi connectivity index (χ4n) is 2.21. The first-order valence-electron chi connectivity index (χ1n) is 7.10. The lowest BCUT2D eigenvalue weighted by molar-refractivity contribution is 0.0821. The van der Waals surface area contributed by atoms with Crippen molar-refractivity contribution in [1.29, 1.82) is 0 Å². The van der Waals surface area contributed by atoms with Gasteiger partial charge in [0.2, 0.25) is 0 Å². The van der Waals surface area contributed by atoms with Crippen LogP contribution in [0.25, 0.3) is 0 Å². The molecular weight excluding hydrogens is 270 g/mol. The quantitative estimate of drug-likeness (QED) is 0.853. The highest BCUT2D eigenvalue weighted by molar-refractivity contribution is 5.91. The molecule has 0 aliphatic carbocycles. The molecule has 1 amide bonds. The van der Waals surface area contributed by atoms with Crippen LogP contribution in [0.4, 0.5) is 5.82 Å². The lowest BCUT2D eigenvalue weighted by Gasteiger charge is -2.19. The second-order valence-electron chi connectivity index (χ2n) is 5.57. The Bertz CT molecular complexity index is 480. The van der Waals surface area contributed by atoms with Crippen molar-refractivity contribution in [2.75, 3.05) is 59.3 Å². The minimum atomic E-state index is -0.149. The van der Waals surface area contributed by atoms with Crippen LogP contribution in [0, 0.1) is 5.92 Å². The largest absolute Gasteiger partial charge is 0.380 e. The summed E-state index contributed by atoms with van der Waals surface area (Å²) in [5.74, 6) is 0.866. The van der Waals surface area contributed by atoms with Crippen molar-refractivity contribution in [2.24, 2.45) is 5.92 Å². The van der Waals surface area contributed by atoms with Crippen molar-refractivity contribution in [1.82, 2.24) is 19.8 Å². The van der Waals surface area contributed by atoms with Gasteiger partial charge in [-0.1, -0.05) is 0 Å². The maximum absolute atomic E-state index is 11.9. The van der Waals surface area contributed by atoms with Gasteiger partial charge in [-0.25, -0.2) is 4.98 Å². The Morgan fingerprint density at radius 1 is 1.52 bits per heavy atom. The van der Waals surface area contributed by atoms with Gasteiger partial charge in [0.25, 0.3) is 5.91 Å². The smallest absolute Gasteiger partial charge is 0.273 e. The topological polar surface area (TPSA) is 70.6 Å². The van der Waals surface area contributed by atoms with Crippen LogP contribution in [0.3, 0.4) is 0 Å². The molecule has 1 aliphatic rings. The Morgan fingerprint density at radius 3 is 3.10 bits per heavy atom. The zero-order chi connectivity index (χ0) is 15.2. The van der Waals surface area contributed by atoms with Crippen molar-refractivity contribution >= 4 is 11.7 Å². The van der Waals surface area contributed by atoms with Crippen LogP contribution in [-0.2, 0) is 4.74 Å². The van der Waals surface area contributed by atoms with Gasteiger partial charge in [0.1, 0.15) is 11.5 Å². The van der Waals surface area contributed by atoms with Gasteiger partial charge in [0.15, 0.2) is 0 Å². The first-order chi connectivity index (χ1) is 10.1. The van der Waals surface area contributed by atoms with Crippen LogP contribution in [0.2, 0.25) is 0 Å². The zero-order valence-electron chi connectivity index (χ0n) is 12.9. The molecule has 1 fully saturated rings. The summed E-state index contributed by atoms with van der Waals surface area (Å²) in [6.07, 6.45) is 3.11. The standard InChI is InChI=1S/C14H23N5O2/c1-18(2)14(20)12-7-15-8-13(17-12)16-6-11-9-19(3)4-5-21-10-11/h7-8,11H,4-6,9-10H2,1-3H3,(H,16,17)/t11-/m0/s1. The number of likely N-dealkylation sites (N-methyl/N-ethyl adjacent to an activating group) is 1. The molecule has 0 bridgehead atoms. The molecule has 21 heavy (non-hydrogen) atoms. The number of hydrogen-bond donors (Lipinski definition) is 1. The van der Waals surface area contributed by atoms with E-state index in [2.05, 4.69) is 27.2 Å².